The van der Waals surface area contributed by atoms with Gasteiger partial charge in [0.15, 0.2) is 0 Å². The molecule has 0 spiro atoms. The smallest absolute Gasteiger partial charge is 0 e. The molecule has 0 amide bonds. The molecule has 6 aliphatic carbocycles. The van der Waals surface area contributed by atoms with Gasteiger partial charge in [-0.1, -0.05) is 0 Å². The number of hydrogen-bond acceptors (Lipinski definition) is 0. The molecule has 0 N–H and O–H groups in total. The maximum absolute atomic E-state index is 2.32. The summed E-state index contributed by atoms with van der Waals surface area (Å²) in [6, 6.07) is 0. The van der Waals surface area contributed by atoms with E-state index in [0.717, 1.165) is 23.7 Å². The average Bonchev–Trinajstić information content (AvgIpc) is 3.28. The fourth-order valence-corrected chi connectivity index (χ4v) is 5.48. The minimum atomic E-state index is 0. The molecule has 0 heterocycles. The van der Waals surface area contributed by atoms with Gasteiger partial charge in [0.25, 0.3) is 0 Å². The van der Waals surface area contributed by atoms with E-state index in [0.29, 0.717) is 0 Å². The molecule has 1 heteroatoms. The Kier molecular flexibility index (Phi) is 4.21. The van der Waals surface area contributed by atoms with E-state index in [1.54, 1.807) is 23.7 Å². The van der Waals surface area contributed by atoms with Crippen molar-refractivity contribution in [3.63, 3.8) is 0 Å². The molecule has 0 aromatic carbocycles. The van der Waals surface area contributed by atoms with Gasteiger partial charge in [-0.2, -0.15) is 0 Å². The molecule has 4 atom stereocenters. The monoisotopic (exact) mass is 318 g/mol. The van der Waals surface area contributed by atoms with E-state index in [-0.39, 0.29) is 17.1 Å². The Balaban J connectivity index is 0.000000105. The molecule has 10 radical (unpaired) electrons. The van der Waals surface area contributed by atoms with Crippen molar-refractivity contribution in [1.29, 1.82) is 0 Å². The average molecular weight is 318 g/mol. The largest absolute Gasteiger partial charge is 0.0496 e. The maximum Gasteiger partial charge on any atom is 0 e. The SMILES string of the molecule is [CH]1[CH][C]2[C]([CH]1)C1CCC2C1.[CH]1[CH][C]2[C]([CH]1)C1CCC2C1.[Fe]. The second kappa shape index (κ2) is 5.86. The van der Waals surface area contributed by atoms with Gasteiger partial charge < -0.3 is 0 Å². The Labute approximate surface area is 141 Å². The van der Waals surface area contributed by atoms with Crippen LogP contribution in [0.1, 0.15) is 38.5 Å². The summed E-state index contributed by atoms with van der Waals surface area (Å²) >= 11 is 0. The molecule has 0 nitrogen and oxygen atoms in total. The van der Waals surface area contributed by atoms with Gasteiger partial charge in [-0.25, -0.2) is 0 Å². The first kappa shape index (κ1) is 15.1. The van der Waals surface area contributed by atoms with E-state index in [1.807, 2.05) is 0 Å². The molecule has 0 saturated heterocycles. The van der Waals surface area contributed by atoms with Gasteiger partial charge in [-0.3, -0.25) is 0 Å². The van der Waals surface area contributed by atoms with Gasteiger partial charge in [0, 0.05) is 17.1 Å². The van der Waals surface area contributed by atoms with E-state index in [9.17, 15) is 0 Å². The van der Waals surface area contributed by atoms with Crippen LogP contribution in [0.2, 0.25) is 0 Å². The first-order valence-electron chi connectivity index (χ1n) is 8.41. The normalized spacial score (nSPS) is 44.6. The third kappa shape index (κ3) is 2.37. The number of hydrogen-bond donors (Lipinski definition) is 0. The van der Waals surface area contributed by atoms with Gasteiger partial charge in [0.1, 0.15) is 0 Å². The minimum Gasteiger partial charge on any atom is -0.0496 e. The van der Waals surface area contributed by atoms with Crippen LogP contribution in [-0.4, -0.2) is 0 Å². The Morgan fingerprint density at radius 2 is 0.810 bits per heavy atom. The molecule has 0 aromatic rings. The number of fused-ring (bicyclic) bond motifs is 10. The van der Waals surface area contributed by atoms with Crippen LogP contribution in [0.15, 0.2) is 0 Å². The molecule has 6 aliphatic rings. The topological polar surface area (TPSA) is 0 Å². The zero-order valence-corrected chi connectivity index (χ0v) is 13.5. The van der Waals surface area contributed by atoms with Crippen molar-refractivity contribution in [2.45, 2.75) is 38.5 Å². The Bertz CT molecular complexity index is 310. The molecule has 110 valence electrons. The summed E-state index contributed by atoms with van der Waals surface area (Å²) in [7, 11) is 0. The van der Waals surface area contributed by atoms with Crippen LogP contribution in [0.25, 0.3) is 0 Å². The van der Waals surface area contributed by atoms with Gasteiger partial charge in [-0.15, -0.1) is 0 Å². The van der Waals surface area contributed by atoms with Crippen molar-refractivity contribution in [2.75, 3.05) is 0 Å². The van der Waals surface area contributed by atoms with Crippen LogP contribution >= 0.6 is 0 Å². The summed E-state index contributed by atoms with van der Waals surface area (Å²) in [5.41, 5.74) is 0. The molecule has 0 aromatic heterocycles. The molecule has 21 heavy (non-hydrogen) atoms. The second-order valence-electron chi connectivity index (χ2n) is 7.29. The molecule has 6 rings (SSSR count). The summed E-state index contributed by atoms with van der Waals surface area (Å²) in [5.74, 6) is 10.5. The fraction of sp³-hybridized carbons (Fsp3) is 0.500. The molecule has 6 saturated carbocycles. The van der Waals surface area contributed by atoms with Crippen LogP contribution in [0, 0.1) is 85.9 Å². The van der Waals surface area contributed by atoms with E-state index in [2.05, 4.69) is 38.5 Å². The Hall–Kier alpha value is 0.519. The maximum atomic E-state index is 2.32. The van der Waals surface area contributed by atoms with Crippen molar-refractivity contribution in [2.24, 2.45) is 23.7 Å². The van der Waals surface area contributed by atoms with E-state index < -0.39 is 0 Å². The van der Waals surface area contributed by atoms with E-state index in [1.165, 1.54) is 38.5 Å². The first-order valence-corrected chi connectivity index (χ1v) is 8.41. The fourth-order valence-electron chi connectivity index (χ4n) is 5.48. The van der Waals surface area contributed by atoms with Crippen LogP contribution in [-0.2, 0) is 17.1 Å². The summed E-state index contributed by atoms with van der Waals surface area (Å²) in [5, 5.41) is 0. The summed E-state index contributed by atoms with van der Waals surface area (Å²) < 4.78 is 0. The summed E-state index contributed by atoms with van der Waals surface area (Å²) in [6.07, 6.45) is 22.5. The third-order valence-electron chi connectivity index (χ3n) is 6.39. The van der Waals surface area contributed by atoms with Crippen LogP contribution < -0.4 is 0 Å². The molecular formula is C20H22Fe. The standard InChI is InChI=1S/2C10H11.Fe/c2*1-2-9-7-4-5-8(6-7)10(9)3-1;/h2*1-3,7-8H,4-6H2;. The van der Waals surface area contributed by atoms with Crippen molar-refractivity contribution in [3.05, 3.63) is 62.2 Å². The quantitative estimate of drug-likeness (QED) is 0.582. The minimum absolute atomic E-state index is 0. The zero-order chi connectivity index (χ0) is 13.1. The van der Waals surface area contributed by atoms with Gasteiger partial charge in [-0.05, 0) is 124 Å². The zero-order valence-electron chi connectivity index (χ0n) is 12.4. The molecule has 4 bridgehead atoms. The van der Waals surface area contributed by atoms with E-state index in [4.69, 9.17) is 0 Å². The molecule has 6 fully saturated rings. The molecule has 0 aliphatic heterocycles. The summed E-state index contributed by atoms with van der Waals surface area (Å²) in [6.45, 7) is 0. The summed E-state index contributed by atoms with van der Waals surface area (Å²) in [4.78, 5) is 0. The predicted molar refractivity (Wildman–Crippen MR) is 80.4 cm³/mol. The predicted octanol–water partition coefficient (Wildman–Crippen LogP) is 4.38. The van der Waals surface area contributed by atoms with Gasteiger partial charge >= 0.3 is 0 Å². The molecular weight excluding hydrogens is 296 g/mol. The Morgan fingerprint density at radius 3 is 1.10 bits per heavy atom. The van der Waals surface area contributed by atoms with Crippen molar-refractivity contribution >= 4 is 0 Å². The van der Waals surface area contributed by atoms with Gasteiger partial charge in [0.05, 0.1) is 0 Å². The van der Waals surface area contributed by atoms with Crippen molar-refractivity contribution < 1.29 is 17.1 Å². The van der Waals surface area contributed by atoms with Crippen LogP contribution in [0.5, 0.6) is 0 Å². The third-order valence-corrected chi connectivity index (χ3v) is 6.39. The van der Waals surface area contributed by atoms with Crippen molar-refractivity contribution in [1.82, 2.24) is 0 Å². The van der Waals surface area contributed by atoms with Crippen LogP contribution in [0.4, 0.5) is 0 Å². The first-order chi connectivity index (χ1) is 9.90. The number of rotatable bonds is 0. The molecule has 4 unspecified atom stereocenters. The van der Waals surface area contributed by atoms with E-state index >= 15 is 0 Å². The Morgan fingerprint density at radius 1 is 0.524 bits per heavy atom. The second-order valence-corrected chi connectivity index (χ2v) is 7.29. The van der Waals surface area contributed by atoms with Crippen LogP contribution in [0.3, 0.4) is 0 Å². The van der Waals surface area contributed by atoms with Crippen molar-refractivity contribution in [3.8, 4) is 0 Å². The van der Waals surface area contributed by atoms with Gasteiger partial charge in [0.2, 0.25) is 0 Å².